The Labute approximate surface area is 98.9 Å². The predicted molar refractivity (Wildman–Crippen MR) is 66.1 cm³/mol. The van der Waals surface area contributed by atoms with Crippen molar-refractivity contribution >= 4 is 33.6 Å². The average Bonchev–Trinajstić information content (AvgIpc) is 2.18. The first-order chi connectivity index (χ1) is 6.66. The smallest absolute Gasteiger partial charge is 0.236 e. The zero-order valence-electron chi connectivity index (χ0n) is 8.83. The zero-order chi connectivity index (χ0) is 10.6. The summed E-state index contributed by atoms with van der Waals surface area (Å²) in [5, 5.41) is 0. The average molecular weight is 280 g/mol. The molecule has 0 spiro atoms. The summed E-state index contributed by atoms with van der Waals surface area (Å²) < 4.78 is 0. The highest BCUT2D eigenvalue weighted by Gasteiger charge is 2.29. The Balaban J connectivity index is 2.44. The van der Waals surface area contributed by atoms with E-state index < -0.39 is 0 Å². The first-order valence-corrected chi connectivity index (χ1v) is 7.26. The van der Waals surface area contributed by atoms with Gasteiger partial charge < -0.3 is 4.90 Å². The summed E-state index contributed by atoms with van der Waals surface area (Å²) in [4.78, 5) is 13.9. The summed E-state index contributed by atoms with van der Waals surface area (Å²) >= 11 is 5.34. The molecule has 1 aliphatic heterocycles. The third kappa shape index (κ3) is 3.16. The van der Waals surface area contributed by atoms with E-state index in [-0.39, 0.29) is 10.7 Å². The molecule has 82 valence electrons. The van der Waals surface area contributed by atoms with E-state index in [1.54, 1.807) is 0 Å². The van der Waals surface area contributed by atoms with E-state index in [0.29, 0.717) is 6.04 Å². The Morgan fingerprint density at radius 1 is 1.71 bits per heavy atom. The lowest BCUT2D eigenvalue weighted by Gasteiger charge is -2.34. The molecule has 1 heterocycles. The normalized spacial score (nSPS) is 25.2. The number of piperidine rings is 1. The molecule has 0 bridgehead atoms. The van der Waals surface area contributed by atoms with Gasteiger partial charge >= 0.3 is 0 Å². The van der Waals surface area contributed by atoms with Crippen molar-refractivity contribution in [3.8, 4) is 0 Å². The molecule has 0 radical (unpaired) electrons. The van der Waals surface area contributed by atoms with E-state index in [1.165, 1.54) is 0 Å². The van der Waals surface area contributed by atoms with Crippen molar-refractivity contribution in [3.05, 3.63) is 0 Å². The van der Waals surface area contributed by atoms with Crippen molar-refractivity contribution in [3.63, 3.8) is 0 Å². The molecule has 4 heteroatoms. The summed E-state index contributed by atoms with van der Waals surface area (Å²) in [6.07, 6.45) is 2.12. The number of hydrogen-bond acceptors (Lipinski definition) is 2. The van der Waals surface area contributed by atoms with Crippen LogP contribution in [0.2, 0.25) is 0 Å². The van der Waals surface area contributed by atoms with Crippen molar-refractivity contribution in [2.75, 3.05) is 18.1 Å². The molecule has 1 rings (SSSR count). The fourth-order valence-corrected chi connectivity index (χ4v) is 3.01. The first kappa shape index (κ1) is 12.4. The van der Waals surface area contributed by atoms with Gasteiger partial charge in [-0.2, -0.15) is 11.8 Å². The van der Waals surface area contributed by atoms with Crippen LogP contribution in [0.5, 0.6) is 0 Å². The summed E-state index contributed by atoms with van der Waals surface area (Å²) in [5.41, 5.74) is 0. The van der Waals surface area contributed by atoms with E-state index in [9.17, 15) is 4.79 Å². The number of nitrogens with zero attached hydrogens (tertiary/aromatic N) is 1. The van der Waals surface area contributed by atoms with Crippen LogP contribution in [0.4, 0.5) is 0 Å². The highest BCUT2D eigenvalue weighted by atomic mass is 79.9. The van der Waals surface area contributed by atoms with Gasteiger partial charge in [-0.15, -0.1) is 0 Å². The van der Waals surface area contributed by atoms with Crippen molar-refractivity contribution < 1.29 is 4.79 Å². The maximum Gasteiger partial charge on any atom is 0.236 e. The van der Waals surface area contributed by atoms with E-state index in [1.807, 2.05) is 16.7 Å². The Bertz CT molecular complexity index is 201. The van der Waals surface area contributed by atoms with E-state index in [4.69, 9.17) is 0 Å². The number of alkyl halides is 1. The second kappa shape index (κ2) is 6.01. The SMILES string of the molecule is CCSCC(C)N1CCCC(Br)C1=O. The van der Waals surface area contributed by atoms with Gasteiger partial charge in [-0.05, 0) is 25.5 Å². The number of hydrogen-bond donors (Lipinski definition) is 0. The largest absolute Gasteiger partial charge is 0.338 e. The van der Waals surface area contributed by atoms with Gasteiger partial charge in [-0.3, -0.25) is 4.79 Å². The molecule has 2 atom stereocenters. The number of carbonyl (C=O) groups excluding carboxylic acids is 1. The van der Waals surface area contributed by atoms with Crippen LogP contribution in [-0.4, -0.2) is 39.7 Å². The lowest BCUT2D eigenvalue weighted by molar-refractivity contribution is -0.134. The van der Waals surface area contributed by atoms with Gasteiger partial charge in [0, 0.05) is 18.3 Å². The van der Waals surface area contributed by atoms with Crippen LogP contribution < -0.4 is 0 Å². The van der Waals surface area contributed by atoms with Crippen LogP contribution in [0, 0.1) is 0 Å². The lowest BCUT2D eigenvalue weighted by Crippen LogP contribution is -2.47. The Morgan fingerprint density at radius 3 is 3.07 bits per heavy atom. The number of rotatable bonds is 4. The summed E-state index contributed by atoms with van der Waals surface area (Å²) in [5.74, 6) is 2.46. The second-order valence-corrected chi connectivity index (χ2v) is 6.07. The van der Waals surface area contributed by atoms with Gasteiger partial charge in [0.15, 0.2) is 0 Å². The number of halogens is 1. The highest BCUT2D eigenvalue weighted by molar-refractivity contribution is 9.10. The lowest BCUT2D eigenvalue weighted by atomic mass is 10.1. The fourth-order valence-electron chi connectivity index (χ4n) is 1.67. The topological polar surface area (TPSA) is 20.3 Å². The first-order valence-electron chi connectivity index (χ1n) is 5.19. The van der Waals surface area contributed by atoms with E-state index in [2.05, 4.69) is 29.8 Å². The van der Waals surface area contributed by atoms with Gasteiger partial charge in [-0.25, -0.2) is 0 Å². The standard InChI is InChI=1S/C10H18BrNOS/c1-3-14-7-8(2)12-6-4-5-9(11)10(12)13/h8-9H,3-7H2,1-2H3. The fraction of sp³-hybridized carbons (Fsp3) is 0.900. The number of likely N-dealkylation sites (tertiary alicyclic amines) is 1. The maximum atomic E-state index is 11.8. The molecule has 2 nitrogen and oxygen atoms in total. The molecule has 0 aromatic carbocycles. The molecular formula is C10H18BrNOS. The molecule has 1 fully saturated rings. The van der Waals surface area contributed by atoms with Crippen LogP contribution in [0.3, 0.4) is 0 Å². The van der Waals surface area contributed by atoms with Gasteiger partial charge in [0.2, 0.25) is 5.91 Å². The number of carbonyl (C=O) groups is 1. The van der Waals surface area contributed by atoms with Gasteiger partial charge in [0.25, 0.3) is 0 Å². The molecule has 1 saturated heterocycles. The van der Waals surface area contributed by atoms with Crippen molar-refractivity contribution in [2.45, 2.75) is 37.6 Å². The molecule has 0 N–H and O–H groups in total. The summed E-state index contributed by atoms with van der Waals surface area (Å²) in [7, 11) is 0. The van der Waals surface area contributed by atoms with Gasteiger partial charge in [0.05, 0.1) is 4.83 Å². The third-order valence-electron chi connectivity index (χ3n) is 2.50. The monoisotopic (exact) mass is 279 g/mol. The van der Waals surface area contributed by atoms with E-state index >= 15 is 0 Å². The van der Waals surface area contributed by atoms with Crippen LogP contribution in [0.1, 0.15) is 26.7 Å². The van der Waals surface area contributed by atoms with Gasteiger partial charge in [-0.1, -0.05) is 22.9 Å². The second-order valence-electron chi connectivity index (χ2n) is 3.65. The maximum absolute atomic E-state index is 11.8. The van der Waals surface area contributed by atoms with Crippen LogP contribution in [-0.2, 0) is 4.79 Å². The van der Waals surface area contributed by atoms with Crippen molar-refractivity contribution in [2.24, 2.45) is 0 Å². The van der Waals surface area contributed by atoms with Crippen molar-refractivity contribution in [1.82, 2.24) is 4.90 Å². The van der Waals surface area contributed by atoms with Crippen molar-refractivity contribution in [1.29, 1.82) is 0 Å². The Hall–Kier alpha value is 0.300. The Kier molecular flexibility index (Phi) is 5.31. The highest BCUT2D eigenvalue weighted by Crippen LogP contribution is 2.21. The van der Waals surface area contributed by atoms with E-state index in [0.717, 1.165) is 30.9 Å². The van der Waals surface area contributed by atoms with Crippen LogP contribution >= 0.6 is 27.7 Å². The zero-order valence-corrected chi connectivity index (χ0v) is 11.2. The summed E-state index contributed by atoms with van der Waals surface area (Å²) in [6, 6.07) is 0.382. The Morgan fingerprint density at radius 2 is 2.43 bits per heavy atom. The molecule has 0 aromatic rings. The molecule has 0 saturated carbocycles. The number of thioether (sulfide) groups is 1. The molecule has 0 aliphatic carbocycles. The third-order valence-corrected chi connectivity index (χ3v) is 4.48. The minimum atomic E-state index is 0.0605. The van der Waals surface area contributed by atoms with Crippen LogP contribution in [0.15, 0.2) is 0 Å². The molecular weight excluding hydrogens is 262 g/mol. The van der Waals surface area contributed by atoms with Crippen LogP contribution in [0.25, 0.3) is 0 Å². The predicted octanol–water partition coefficient (Wildman–Crippen LogP) is 2.51. The van der Waals surface area contributed by atoms with Gasteiger partial charge in [0.1, 0.15) is 0 Å². The molecule has 0 aromatic heterocycles. The molecule has 14 heavy (non-hydrogen) atoms. The minimum absolute atomic E-state index is 0.0605. The molecule has 1 aliphatic rings. The minimum Gasteiger partial charge on any atom is -0.338 e. The molecule has 2 unspecified atom stereocenters. The quantitative estimate of drug-likeness (QED) is 0.737. The summed E-state index contributed by atoms with van der Waals surface area (Å²) in [6.45, 7) is 5.24. The molecule has 1 amide bonds. The number of amides is 1.